The van der Waals surface area contributed by atoms with Crippen LogP contribution in [0.1, 0.15) is 37.8 Å². The zero-order valence-corrected chi connectivity index (χ0v) is 21.8. The molecule has 2 fully saturated rings. The molecule has 9 heteroatoms. The largest absolute Gasteiger partial charge is 0.457 e. The van der Waals surface area contributed by atoms with Gasteiger partial charge in [-0.3, -0.25) is 14.9 Å². The fraction of sp³-hybridized carbons (Fsp3) is 0.481. The van der Waals surface area contributed by atoms with Crippen LogP contribution in [-0.2, 0) is 4.74 Å². The van der Waals surface area contributed by atoms with Gasteiger partial charge in [-0.25, -0.2) is 0 Å². The molecule has 194 valence electrons. The monoisotopic (exact) mass is 510 g/mol. The van der Waals surface area contributed by atoms with Crippen molar-refractivity contribution in [1.29, 1.82) is 0 Å². The Morgan fingerprint density at radius 3 is 2.81 bits per heavy atom. The SMILES string of the molecule is C=Nc1ccc(Oc2ccnc(/C(N)=C/NCCN3CCOCC3)c2)cc1SCNC1CCCCC1. The molecule has 0 amide bonds. The minimum atomic E-state index is 0.568. The first-order valence-electron chi connectivity index (χ1n) is 12.8. The molecule has 0 bridgehead atoms. The summed E-state index contributed by atoms with van der Waals surface area (Å²) >= 11 is 1.73. The van der Waals surface area contributed by atoms with Gasteiger partial charge in [0.15, 0.2) is 0 Å². The molecule has 0 spiro atoms. The summed E-state index contributed by atoms with van der Waals surface area (Å²) < 4.78 is 11.5. The smallest absolute Gasteiger partial charge is 0.131 e. The highest BCUT2D eigenvalue weighted by molar-refractivity contribution is 7.99. The zero-order valence-electron chi connectivity index (χ0n) is 21.0. The van der Waals surface area contributed by atoms with E-state index < -0.39 is 0 Å². The maximum Gasteiger partial charge on any atom is 0.131 e. The van der Waals surface area contributed by atoms with E-state index in [9.17, 15) is 0 Å². The Hall–Kier alpha value is -2.59. The van der Waals surface area contributed by atoms with E-state index in [0.29, 0.717) is 23.2 Å². The van der Waals surface area contributed by atoms with Crippen LogP contribution in [0.5, 0.6) is 11.5 Å². The maximum absolute atomic E-state index is 6.27. The number of nitrogens with zero attached hydrogens (tertiary/aromatic N) is 3. The molecule has 1 saturated heterocycles. The first-order chi connectivity index (χ1) is 17.7. The Labute approximate surface area is 218 Å². The van der Waals surface area contributed by atoms with Crippen molar-refractivity contribution < 1.29 is 9.47 Å². The van der Waals surface area contributed by atoms with Crippen molar-refractivity contribution in [2.24, 2.45) is 10.7 Å². The zero-order chi connectivity index (χ0) is 25.0. The average Bonchev–Trinajstić information content (AvgIpc) is 2.92. The van der Waals surface area contributed by atoms with Crippen LogP contribution in [0.25, 0.3) is 5.70 Å². The van der Waals surface area contributed by atoms with E-state index in [0.717, 1.165) is 61.6 Å². The third-order valence-electron chi connectivity index (χ3n) is 6.50. The summed E-state index contributed by atoms with van der Waals surface area (Å²) in [6.07, 6.45) is 10.1. The molecule has 2 heterocycles. The van der Waals surface area contributed by atoms with Crippen LogP contribution in [0.2, 0.25) is 0 Å². The third kappa shape index (κ3) is 8.23. The summed E-state index contributed by atoms with van der Waals surface area (Å²) in [5.74, 6) is 2.27. The van der Waals surface area contributed by atoms with Gasteiger partial charge in [0.2, 0.25) is 0 Å². The van der Waals surface area contributed by atoms with Crippen LogP contribution in [0.4, 0.5) is 5.69 Å². The Kier molecular flexibility index (Phi) is 10.5. The average molecular weight is 511 g/mol. The molecule has 1 aromatic carbocycles. The number of pyridine rings is 1. The number of aliphatic imine (C=N–C) groups is 1. The van der Waals surface area contributed by atoms with Gasteiger partial charge in [-0.05, 0) is 43.8 Å². The fourth-order valence-corrected chi connectivity index (χ4v) is 5.37. The topological polar surface area (TPSA) is 97.0 Å². The summed E-state index contributed by atoms with van der Waals surface area (Å²) in [4.78, 5) is 12.0. The molecule has 8 nitrogen and oxygen atoms in total. The van der Waals surface area contributed by atoms with Gasteiger partial charge in [-0.2, -0.15) is 0 Å². The molecule has 1 aromatic heterocycles. The van der Waals surface area contributed by atoms with Gasteiger partial charge in [0.1, 0.15) is 11.5 Å². The van der Waals surface area contributed by atoms with Gasteiger partial charge in [0.05, 0.1) is 30.3 Å². The number of nitrogens with two attached hydrogens (primary N) is 1. The minimum absolute atomic E-state index is 0.568. The Morgan fingerprint density at radius 2 is 2.00 bits per heavy atom. The lowest BCUT2D eigenvalue weighted by Gasteiger charge is -2.26. The van der Waals surface area contributed by atoms with Crippen LogP contribution in [0, 0.1) is 0 Å². The number of rotatable bonds is 12. The third-order valence-corrected chi connectivity index (χ3v) is 7.45. The molecule has 0 radical (unpaired) electrons. The van der Waals surface area contributed by atoms with E-state index in [1.807, 2.05) is 36.5 Å². The number of nitrogens with one attached hydrogen (secondary N) is 2. The summed E-state index contributed by atoms with van der Waals surface area (Å²) in [5.41, 5.74) is 8.37. The summed E-state index contributed by atoms with van der Waals surface area (Å²) in [6, 6.07) is 10.2. The minimum Gasteiger partial charge on any atom is -0.457 e. The Bertz CT molecular complexity index is 1010. The second-order valence-corrected chi connectivity index (χ2v) is 10.1. The Morgan fingerprint density at radius 1 is 1.19 bits per heavy atom. The molecule has 1 aliphatic heterocycles. The molecule has 1 aliphatic carbocycles. The molecule has 1 saturated carbocycles. The fourth-order valence-electron chi connectivity index (χ4n) is 4.42. The van der Waals surface area contributed by atoms with E-state index >= 15 is 0 Å². The van der Waals surface area contributed by atoms with Crippen LogP contribution in [-0.4, -0.2) is 67.9 Å². The van der Waals surface area contributed by atoms with Crippen molar-refractivity contribution >= 4 is 29.9 Å². The number of benzene rings is 1. The van der Waals surface area contributed by atoms with Crippen molar-refractivity contribution in [1.82, 2.24) is 20.5 Å². The van der Waals surface area contributed by atoms with E-state index in [1.54, 1.807) is 18.0 Å². The maximum atomic E-state index is 6.27. The molecule has 36 heavy (non-hydrogen) atoms. The van der Waals surface area contributed by atoms with E-state index in [1.165, 1.54) is 32.1 Å². The second kappa shape index (κ2) is 14.2. The molecular weight excluding hydrogens is 472 g/mol. The van der Waals surface area contributed by atoms with Gasteiger partial charge in [0, 0.05) is 61.5 Å². The van der Waals surface area contributed by atoms with Crippen LogP contribution < -0.4 is 21.1 Å². The summed E-state index contributed by atoms with van der Waals surface area (Å²) in [5, 5.41) is 6.96. The van der Waals surface area contributed by atoms with Gasteiger partial charge in [0.25, 0.3) is 0 Å². The lowest BCUT2D eigenvalue weighted by atomic mass is 9.96. The second-order valence-electron chi connectivity index (χ2n) is 9.10. The molecule has 4 N–H and O–H groups in total. The van der Waals surface area contributed by atoms with Gasteiger partial charge in [-0.1, -0.05) is 19.3 Å². The Balaban J connectivity index is 1.31. The van der Waals surface area contributed by atoms with Crippen LogP contribution in [0.3, 0.4) is 0 Å². The number of hydrogen-bond acceptors (Lipinski definition) is 9. The number of aromatic nitrogens is 1. The lowest BCUT2D eigenvalue weighted by molar-refractivity contribution is 0.0388. The highest BCUT2D eigenvalue weighted by atomic mass is 32.2. The number of hydrogen-bond donors (Lipinski definition) is 3. The number of thioether (sulfide) groups is 1. The normalized spacial score (nSPS) is 17.6. The molecule has 4 rings (SSSR count). The first-order valence-corrected chi connectivity index (χ1v) is 13.8. The molecular formula is C27H38N6O2S. The molecule has 2 aliphatic rings. The lowest BCUT2D eigenvalue weighted by Crippen LogP contribution is -2.39. The van der Waals surface area contributed by atoms with Crippen molar-refractivity contribution in [3.8, 4) is 11.5 Å². The van der Waals surface area contributed by atoms with E-state index in [-0.39, 0.29) is 0 Å². The summed E-state index contributed by atoms with van der Waals surface area (Å²) in [6.45, 7) is 9.05. The van der Waals surface area contributed by atoms with Crippen molar-refractivity contribution in [3.05, 3.63) is 48.4 Å². The van der Waals surface area contributed by atoms with E-state index in [4.69, 9.17) is 15.2 Å². The summed E-state index contributed by atoms with van der Waals surface area (Å²) in [7, 11) is 0. The van der Waals surface area contributed by atoms with Crippen molar-refractivity contribution in [3.63, 3.8) is 0 Å². The molecule has 2 aromatic rings. The number of morpholine rings is 1. The highest BCUT2D eigenvalue weighted by Gasteiger charge is 2.13. The van der Waals surface area contributed by atoms with Gasteiger partial charge >= 0.3 is 0 Å². The van der Waals surface area contributed by atoms with Crippen LogP contribution >= 0.6 is 11.8 Å². The van der Waals surface area contributed by atoms with Gasteiger partial charge < -0.3 is 25.8 Å². The molecule has 0 atom stereocenters. The molecule has 0 unspecified atom stereocenters. The highest BCUT2D eigenvalue weighted by Crippen LogP contribution is 2.34. The number of ether oxygens (including phenoxy) is 2. The standard InChI is InChI=1S/C27H38N6O2S/c1-29-25-8-7-22(18-27(25)36-20-32-21-5-3-2-4-6-21)35-23-9-10-31-26(17-23)24(28)19-30-11-12-33-13-15-34-16-14-33/h7-10,17-19,21,30,32H,1-6,11-16,20,28H2/b24-19-. The van der Waals surface area contributed by atoms with Crippen molar-refractivity contribution in [2.75, 3.05) is 45.3 Å². The van der Waals surface area contributed by atoms with Crippen molar-refractivity contribution in [2.45, 2.75) is 43.0 Å². The van der Waals surface area contributed by atoms with Crippen LogP contribution in [0.15, 0.2) is 52.6 Å². The first kappa shape index (κ1) is 26.5. The predicted octanol–water partition coefficient (Wildman–Crippen LogP) is 4.36. The predicted molar refractivity (Wildman–Crippen MR) is 148 cm³/mol. The van der Waals surface area contributed by atoms with Gasteiger partial charge in [-0.15, -0.1) is 11.8 Å². The van der Waals surface area contributed by atoms with E-state index in [2.05, 4.69) is 32.2 Å². The quantitative estimate of drug-likeness (QED) is 0.168.